The van der Waals surface area contributed by atoms with E-state index in [0.29, 0.717) is 13.0 Å². The van der Waals surface area contributed by atoms with Crippen LogP contribution in [0.15, 0.2) is 0 Å². The molecule has 2 rings (SSSR count). The highest BCUT2D eigenvalue weighted by molar-refractivity contribution is 7.91. The van der Waals surface area contributed by atoms with Crippen LogP contribution in [0.1, 0.15) is 33.1 Å². The molecule has 0 aromatic heterocycles. The molecule has 0 aromatic rings. The van der Waals surface area contributed by atoms with E-state index in [1.54, 1.807) is 0 Å². The van der Waals surface area contributed by atoms with Crippen molar-refractivity contribution in [2.75, 3.05) is 18.1 Å². The molecule has 2 heterocycles. The average molecular weight is 275 g/mol. The van der Waals surface area contributed by atoms with Crippen molar-refractivity contribution in [1.29, 1.82) is 0 Å². The second-order valence-corrected chi connectivity index (χ2v) is 8.36. The van der Waals surface area contributed by atoms with Gasteiger partial charge < -0.3 is 5.11 Å². The summed E-state index contributed by atoms with van der Waals surface area (Å²) in [5.74, 6) is -0.516. The minimum absolute atomic E-state index is 0.115. The van der Waals surface area contributed by atoms with Crippen LogP contribution in [0.5, 0.6) is 0 Å². The molecule has 5 nitrogen and oxygen atoms in total. The van der Waals surface area contributed by atoms with Gasteiger partial charge in [0, 0.05) is 6.04 Å². The normalized spacial score (nSPS) is 35.4. The number of carboxylic acid groups (broad SMARTS) is 1. The summed E-state index contributed by atoms with van der Waals surface area (Å²) >= 11 is 0. The maximum atomic E-state index is 11.5. The van der Waals surface area contributed by atoms with Crippen LogP contribution < -0.4 is 0 Å². The Labute approximate surface area is 108 Å². The molecule has 2 fully saturated rings. The lowest BCUT2D eigenvalue weighted by molar-refractivity contribution is -0.152. The van der Waals surface area contributed by atoms with Crippen molar-refractivity contribution in [1.82, 2.24) is 4.90 Å². The van der Waals surface area contributed by atoms with E-state index in [1.165, 1.54) is 0 Å². The van der Waals surface area contributed by atoms with E-state index in [-0.39, 0.29) is 23.0 Å². The molecule has 1 N–H and O–H groups in total. The van der Waals surface area contributed by atoms with Gasteiger partial charge >= 0.3 is 5.97 Å². The smallest absolute Gasteiger partial charge is 0.321 e. The summed E-state index contributed by atoms with van der Waals surface area (Å²) in [5, 5.41) is 9.44. The van der Waals surface area contributed by atoms with Crippen molar-refractivity contribution in [3.63, 3.8) is 0 Å². The molecule has 0 amide bonds. The second kappa shape index (κ2) is 4.49. The van der Waals surface area contributed by atoms with Gasteiger partial charge in [0.15, 0.2) is 9.84 Å². The van der Waals surface area contributed by atoms with Crippen LogP contribution in [0, 0.1) is 5.41 Å². The Hall–Kier alpha value is -0.620. The Morgan fingerprint density at radius 1 is 1.39 bits per heavy atom. The first-order valence-corrected chi connectivity index (χ1v) is 8.24. The van der Waals surface area contributed by atoms with Crippen LogP contribution in [0.25, 0.3) is 0 Å². The fourth-order valence-electron chi connectivity index (χ4n) is 3.34. The summed E-state index contributed by atoms with van der Waals surface area (Å²) in [7, 11) is -2.97. The summed E-state index contributed by atoms with van der Waals surface area (Å²) in [6.45, 7) is 4.61. The first-order valence-electron chi connectivity index (χ1n) is 6.42. The Morgan fingerprint density at radius 2 is 2.06 bits per heavy atom. The van der Waals surface area contributed by atoms with Gasteiger partial charge in [-0.1, -0.05) is 13.8 Å². The van der Waals surface area contributed by atoms with Crippen LogP contribution in [-0.4, -0.2) is 54.5 Å². The van der Waals surface area contributed by atoms with E-state index in [0.717, 1.165) is 12.8 Å². The number of hydrogen-bond donors (Lipinski definition) is 1. The zero-order valence-corrected chi connectivity index (χ0v) is 11.7. The molecule has 0 spiro atoms. The Balaban J connectivity index is 2.23. The van der Waals surface area contributed by atoms with Crippen LogP contribution >= 0.6 is 0 Å². The van der Waals surface area contributed by atoms with Crippen molar-refractivity contribution in [3.05, 3.63) is 0 Å². The number of rotatable bonds is 2. The lowest BCUT2D eigenvalue weighted by atomic mass is 9.75. The van der Waals surface area contributed by atoms with Crippen LogP contribution in [0.2, 0.25) is 0 Å². The fraction of sp³-hybridized carbons (Fsp3) is 0.917. The molecule has 2 unspecified atom stereocenters. The molecule has 0 bridgehead atoms. The van der Waals surface area contributed by atoms with Crippen molar-refractivity contribution >= 4 is 15.8 Å². The standard InChI is InChI=1S/C12H21NO4S/c1-12(2)5-3-6-13(10(12)11(14)15)9-4-7-18(16,17)8-9/h9-10H,3-8H2,1-2H3,(H,14,15). The predicted octanol–water partition coefficient (Wildman–Crippen LogP) is 0.749. The highest BCUT2D eigenvalue weighted by Crippen LogP contribution is 2.37. The topological polar surface area (TPSA) is 74.7 Å². The maximum Gasteiger partial charge on any atom is 0.321 e. The molecular formula is C12H21NO4S. The van der Waals surface area contributed by atoms with E-state index in [2.05, 4.69) is 0 Å². The molecule has 2 saturated heterocycles. The van der Waals surface area contributed by atoms with E-state index in [9.17, 15) is 18.3 Å². The van der Waals surface area contributed by atoms with Crippen molar-refractivity contribution < 1.29 is 18.3 Å². The van der Waals surface area contributed by atoms with Gasteiger partial charge in [-0.2, -0.15) is 0 Å². The quantitative estimate of drug-likeness (QED) is 0.805. The van der Waals surface area contributed by atoms with Crippen molar-refractivity contribution in [2.45, 2.75) is 45.2 Å². The van der Waals surface area contributed by atoms with Gasteiger partial charge in [-0.25, -0.2) is 8.42 Å². The highest BCUT2D eigenvalue weighted by Gasteiger charge is 2.47. The number of sulfone groups is 1. The average Bonchev–Trinajstić information content (AvgIpc) is 2.56. The minimum atomic E-state index is -2.97. The minimum Gasteiger partial charge on any atom is -0.480 e. The number of piperidine rings is 1. The summed E-state index contributed by atoms with van der Waals surface area (Å²) in [6.07, 6.45) is 2.38. The molecule has 0 aromatic carbocycles. The van der Waals surface area contributed by atoms with Gasteiger partial charge in [0.05, 0.1) is 11.5 Å². The molecule has 2 aliphatic rings. The van der Waals surface area contributed by atoms with Crippen molar-refractivity contribution in [3.8, 4) is 0 Å². The summed E-state index contributed by atoms with van der Waals surface area (Å²) in [6, 6.07) is -0.680. The molecule has 0 aliphatic carbocycles. The third-order valence-corrected chi connectivity index (χ3v) is 5.97. The molecular weight excluding hydrogens is 254 g/mol. The number of carboxylic acids is 1. The van der Waals surface area contributed by atoms with Crippen LogP contribution in [0.4, 0.5) is 0 Å². The lowest BCUT2D eigenvalue weighted by Crippen LogP contribution is -2.58. The van der Waals surface area contributed by atoms with Crippen molar-refractivity contribution in [2.24, 2.45) is 5.41 Å². The number of hydrogen-bond acceptors (Lipinski definition) is 4. The second-order valence-electron chi connectivity index (χ2n) is 6.13. The first-order chi connectivity index (χ1) is 8.23. The van der Waals surface area contributed by atoms with E-state index >= 15 is 0 Å². The molecule has 0 saturated carbocycles. The highest BCUT2D eigenvalue weighted by atomic mass is 32.2. The maximum absolute atomic E-state index is 11.5. The van der Waals surface area contributed by atoms with E-state index < -0.39 is 21.8 Å². The largest absolute Gasteiger partial charge is 0.480 e. The molecule has 104 valence electrons. The molecule has 0 radical (unpaired) electrons. The van der Waals surface area contributed by atoms with E-state index in [4.69, 9.17) is 0 Å². The SMILES string of the molecule is CC1(C)CCCN(C2CCS(=O)(=O)C2)C1C(=O)O. The Morgan fingerprint density at radius 3 is 2.56 bits per heavy atom. The molecule has 2 atom stereocenters. The fourth-order valence-corrected chi connectivity index (χ4v) is 5.08. The van der Waals surface area contributed by atoms with Gasteiger partial charge in [0.2, 0.25) is 0 Å². The Kier molecular flexibility index (Phi) is 3.44. The third-order valence-electron chi connectivity index (χ3n) is 4.22. The summed E-state index contributed by atoms with van der Waals surface area (Å²) in [4.78, 5) is 13.4. The number of likely N-dealkylation sites (tertiary alicyclic amines) is 1. The number of nitrogens with zero attached hydrogens (tertiary/aromatic N) is 1. The van der Waals surface area contributed by atoms with Gasteiger partial charge in [0.25, 0.3) is 0 Å². The Bertz CT molecular complexity index is 443. The van der Waals surface area contributed by atoms with E-state index in [1.807, 2.05) is 18.7 Å². The van der Waals surface area contributed by atoms with Crippen LogP contribution in [0.3, 0.4) is 0 Å². The monoisotopic (exact) mass is 275 g/mol. The lowest BCUT2D eigenvalue weighted by Gasteiger charge is -2.46. The summed E-state index contributed by atoms with van der Waals surface area (Å²) in [5.41, 5.74) is -0.295. The zero-order valence-electron chi connectivity index (χ0n) is 10.9. The number of carbonyl (C=O) groups is 1. The third kappa shape index (κ3) is 2.54. The van der Waals surface area contributed by atoms with Gasteiger partial charge in [-0.15, -0.1) is 0 Å². The van der Waals surface area contributed by atoms with Gasteiger partial charge in [0.1, 0.15) is 6.04 Å². The molecule has 18 heavy (non-hydrogen) atoms. The first kappa shape index (κ1) is 13.8. The summed E-state index contributed by atoms with van der Waals surface area (Å²) < 4.78 is 23.1. The van der Waals surface area contributed by atoms with Gasteiger partial charge in [-0.05, 0) is 31.2 Å². The van der Waals surface area contributed by atoms with Crippen LogP contribution in [-0.2, 0) is 14.6 Å². The predicted molar refractivity (Wildman–Crippen MR) is 68.2 cm³/mol. The zero-order chi connectivity index (χ0) is 13.6. The molecule has 2 aliphatic heterocycles. The molecule has 6 heteroatoms. The number of aliphatic carboxylic acids is 1. The van der Waals surface area contributed by atoms with Gasteiger partial charge in [-0.3, -0.25) is 9.69 Å².